The molecular weight excluding hydrogens is 240 g/mol. The van der Waals surface area contributed by atoms with Gasteiger partial charge in [0, 0.05) is 17.8 Å². The number of fused-ring (bicyclic) bond motifs is 1. The summed E-state index contributed by atoms with van der Waals surface area (Å²) in [4.78, 5) is 16.6. The van der Waals surface area contributed by atoms with Crippen molar-refractivity contribution in [2.45, 2.75) is 0 Å². The lowest BCUT2D eigenvalue weighted by molar-refractivity contribution is 0.416. The molecule has 4 heteroatoms. The molecule has 0 atom stereocenters. The summed E-state index contributed by atoms with van der Waals surface area (Å²) < 4.78 is 6.82. The quantitative estimate of drug-likeness (QED) is 0.703. The van der Waals surface area contributed by atoms with Gasteiger partial charge in [0.2, 0.25) is 0 Å². The summed E-state index contributed by atoms with van der Waals surface area (Å²) in [7, 11) is 1.60. The molecule has 0 fully saturated rings. The molecule has 2 heterocycles. The molecule has 0 bridgehead atoms. The van der Waals surface area contributed by atoms with Crippen molar-refractivity contribution in [1.29, 1.82) is 0 Å². The van der Waals surface area contributed by atoms with Crippen LogP contribution in [0.3, 0.4) is 0 Å². The van der Waals surface area contributed by atoms with Crippen molar-refractivity contribution in [3.05, 3.63) is 65.1 Å². The van der Waals surface area contributed by atoms with Crippen LogP contribution in [0.25, 0.3) is 16.9 Å². The zero-order chi connectivity index (χ0) is 13.2. The summed E-state index contributed by atoms with van der Waals surface area (Å²) in [6.07, 6.45) is 1.71. The van der Waals surface area contributed by atoms with Crippen molar-refractivity contribution in [2.24, 2.45) is 0 Å². The Hall–Kier alpha value is -2.62. The molecule has 2 aromatic heterocycles. The van der Waals surface area contributed by atoms with Gasteiger partial charge in [-0.15, -0.1) is 0 Å². The number of methoxy groups -OCH3 is 1. The van der Waals surface area contributed by atoms with E-state index in [9.17, 15) is 4.79 Å². The molecule has 4 nitrogen and oxygen atoms in total. The minimum absolute atomic E-state index is 0.105. The Labute approximate surface area is 109 Å². The van der Waals surface area contributed by atoms with Crippen LogP contribution in [0.5, 0.6) is 5.75 Å². The van der Waals surface area contributed by atoms with Crippen LogP contribution in [0.4, 0.5) is 0 Å². The molecular formula is C15H12N2O2. The number of rotatable bonds is 2. The smallest absolute Gasteiger partial charge is 0.258 e. The fourth-order valence-electron chi connectivity index (χ4n) is 2.05. The highest BCUT2D eigenvalue weighted by atomic mass is 16.5. The van der Waals surface area contributed by atoms with E-state index in [1.165, 1.54) is 10.5 Å². The van der Waals surface area contributed by atoms with Gasteiger partial charge in [-0.1, -0.05) is 18.2 Å². The van der Waals surface area contributed by atoms with Crippen molar-refractivity contribution in [3.63, 3.8) is 0 Å². The minimum atomic E-state index is -0.105. The van der Waals surface area contributed by atoms with E-state index in [2.05, 4.69) is 4.98 Å². The van der Waals surface area contributed by atoms with Gasteiger partial charge in [0.05, 0.1) is 12.8 Å². The predicted molar refractivity (Wildman–Crippen MR) is 73.5 cm³/mol. The molecule has 0 N–H and O–H groups in total. The van der Waals surface area contributed by atoms with Gasteiger partial charge in [-0.2, -0.15) is 0 Å². The molecule has 0 amide bonds. The van der Waals surface area contributed by atoms with E-state index in [0.717, 1.165) is 5.56 Å². The standard InChI is InChI=1S/C15H12N2O2/c1-19-13-7-3-2-6-11(13)12-10-15(18)17-9-5-4-8-14(17)16-12/h2-10H,1H3. The van der Waals surface area contributed by atoms with Crippen molar-refractivity contribution in [3.8, 4) is 17.0 Å². The number of para-hydroxylation sites is 1. The van der Waals surface area contributed by atoms with Crippen molar-refractivity contribution < 1.29 is 4.74 Å². The summed E-state index contributed by atoms with van der Waals surface area (Å²) in [6.45, 7) is 0. The van der Waals surface area contributed by atoms with E-state index in [1.54, 1.807) is 25.4 Å². The first-order valence-electron chi connectivity index (χ1n) is 5.91. The van der Waals surface area contributed by atoms with Crippen molar-refractivity contribution in [1.82, 2.24) is 9.38 Å². The minimum Gasteiger partial charge on any atom is -0.496 e. The predicted octanol–water partition coefficient (Wildman–Crippen LogP) is 2.37. The van der Waals surface area contributed by atoms with Crippen LogP contribution < -0.4 is 10.3 Å². The molecule has 0 saturated carbocycles. The highest BCUT2D eigenvalue weighted by molar-refractivity contribution is 5.68. The van der Waals surface area contributed by atoms with Gasteiger partial charge in [-0.3, -0.25) is 9.20 Å². The van der Waals surface area contributed by atoms with Crippen LogP contribution in [0.15, 0.2) is 59.5 Å². The third-order valence-electron chi connectivity index (χ3n) is 2.95. The summed E-state index contributed by atoms with van der Waals surface area (Å²) >= 11 is 0. The lowest BCUT2D eigenvalue weighted by Crippen LogP contribution is -2.13. The van der Waals surface area contributed by atoms with Crippen molar-refractivity contribution >= 4 is 5.65 Å². The molecule has 0 radical (unpaired) electrons. The Balaban J connectivity index is 2.29. The average Bonchev–Trinajstić information content (AvgIpc) is 2.47. The Bertz CT molecular complexity index is 793. The highest BCUT2D eigenvalue weighted by Crippen LogP contribution is 2.27. The first kappa shape index (κ1) is 11.5. The first-order chi connectivity index (χ1) is 9.29. The highest BCUT2D eigenvalue weighted by Gasteiger charge is 2.08. The number of nitrogens with zero attached hydrogens (tertiary/aromatic N) is 2. The second kappa shape index (κ2) is 4.57. The molecule has 0 unspecified atom stereocenters. The fourth-order valence-corrected chi connectivity index (χ4v) is 2.05. The summed E-state index contributed by atoms with van der Waals surface area (Å²) in [5.74, 6) is 0.703. The van der Waals surface area contributed by atoms with Crippen molar-refractivity contribution in [2.75, 3.05) is 7.11 Å². The SMILES string of the molecule is COc1ccccc1-c1cc(=O)n2ccccc2n1. The molecule has 3 rings (SSSR count). The summed E-state index contributed by atoms with van der Waals surface area (Å²) in [5.41, 5.74) is 1.95. The third-order valence-corrected chi connectivity index (χ3v) is 2.95. The number of ether oxygens (including phenoxy) is 1. The molecule has 3 aromatic rings. The fraction of sp³-hybridized carbons (Fsp3) is 0.0667. The lowest BCUT2D eigenvalue weighted by Gasteiger charge is -2.08. The molecule has 0 aliphatic carbocycles. The number of benzene rings is 1. The molecule has 94 valence electrons. The number of hydrogen-bond acceptors (Lipinski definition) is 3. The zero-order valence-corrected chi connectivity index (χ0v) is 10.4. The van der Waals surface area contributed by atoms with Crippen LogP contribution in [-0.4, -0.2) is 16.5 Å². The van der Waals surface area contributed by atoms with Gasteiger partial charge in [-0.05, 0) is 24.3 Å². The monoisotopic (exact) mass is 252 g/mol. The molecule has 0 aliphatic heterocycles. The zero-order valence-electron chi connectivity index (χ0n) is 10.4. The molecule has 19 heavy (non-hydrogen) atoms. The lowest BCUT2D eigenvalue weighted by atomic mass is 10.1. The number of pyridine rings is 1. The maximum absolute atomic E-state index is 12.1. The van der Waals surface area contributed by atoms with Gasteiger partial charge >= 0.3 is 0 Å². The van der Waals surface area contributed by atoms with Gasteiger partial charge in [0.1, 0.15) is 11.4 Å². The van der Waals surface area contributed by atoms with Gasteiger partial charge in [0.25, 0.3) is 5.56 Å². The third kappa shape index (κ3) is 1.97. The topological polar surface area (TPSA) is 43.6 Å². The maximum Gasteiger partial charge on any atom is 0.258 e. The number of aromatic nitrogens is 2. The van der Waals surface area contributed by atoms with Crippen LogP contribution in [-0.2, 0) is 0 Å². The Morgan fingerprint density at radius 2 is 1.89 bits per heavy atom. The van der Waals surface area contributed by atoms with Gasteiger partial charge < -0.3 is 4.74 Å². The first-order valence-corrected chi connectivity index (χ1v) is 5.91. The van der Waals surface area contributed by atoms with E-state index in [0.29, 0.717) is 17.1 Å². The normalized spacial score (nSPS) is 10.6. The van der Waals surface area contributed by atoms with Gasteiger partial charge in [0.15, 0.2) is 0 Å². The molecule has 0 saturated heterocycles. The maximum atomic E-state index is 12.1. The summed E-state index contributed by atoms with van der Waals surface area (Å²) in [6, 6.07) is 14.5. The Morgan fingerprint density at radius 1 is 1.11 bits per heavy atom. The van der Waals surface area contributed by atoms with E-state index in [-0.39, 0.29) is 5.56 Å². The van der Waals surface area contributed by atoms with E-state index >= 15 is 0 Å². The summed E-state index contributed by atoms with van der Waals surface area (Å²) in [5, 5.41) is 0. The van der Waals surface area contributed by atoms with Crippen LogP contribution >= 0.6 is 0 Å². The average molecular weight is 252 g/mol. The largest absolute Gasteiger partial charge is 0.496 e. The van der Waals surface area contributed by atoms with Crippen LogP contribution in [0.1, 0.15) is 0 Å². The molecule has 0 spiro atoms. The molecule has 1 aromatic carbocycles. The van der Waals surface area contributed by atoms with E-state index < -0.39 is 0 Å². The van der Waals surface area contributed by atoms with E-state index in [1.807, 2.05) is 30.3 Å². The Kier molecular flexibility index (Phi) is 2.76. The second-order valence-electron chi connectivity index (χ2n) is 4.11. The van der Waals surface area contributed by atoms with E-state index in [4.69, 9.17) is 4.74 Å². The number of hydrogen-bond donors (Lipinski definition) is 0. The molecule has 0 aliphatic rings. The van der Waals surface area contributed by atoms with Crippen LogP contribution in [0.2, 0.25) is 0 Å². The second-order valence-corrected chi connectivity index (χ2v) is 4.11. The van der Waals surface area contributed by atoms with Crippen LogP contribution in [0, 0.1) is 0 Å². The van der Waals surface area contributed by atoms with Gasteiger partial charge in [-0.25, -0.2) is 4.98 Å². The Morgan fingerprint density at radius 3 is 2.74 bits per heavy atom.